The SMILES string of the molecule is O=C(Cc1ccc(F)cc1C(F)(F)F)Nc1cnn(Cn2nnc3ccccc32)c1. The molecule has 0 bridgehead atoms. The van der Waals surface area contributed by atoms with Crippen LogP contribution in [0, 0.1) is 5.82 Å². The average molecular weight is 418 g/mol. The highest BCUT2D eigenvalue weighted by molar-refractivity contribution is 5.92. The maximum absolute atomic E-state index is 13.2. The molecule has 0 unspecified atom stereocenters. The molecule has 0 aliphatic carbocycles. The number of para-hydroxylation sites is 1. The van der Waals surface area contributed by atoms with Crippen molar-refractivity contribution in [3.8, 4) is 0 Å². The fraction of sp³-hybridized carbons (Fsp3) is 0.158. The van der Waals surface area contributed by atoms with Gasteiger partial charge in [-0.25, -0.2) is 13.8 Å². The number of benzene rings is 2. The maximum atomic E-state index is 13.2. The minimum atomic E-state index is -4.76. The minimum absolute atomic E-state index is 0.229. The Morgan fingerprint density at radius 3 is 2.73 bits per heavy atom. The highest BCUT2D eigenvalue weighted by Crippen LogP contribution is 2.32. The summed E-state index contributed by atoms with van der Waals surface area (Å²) in [6, 6.07) is 9.58. The van der Waals surface area contributed by atoms with Crippen LogP contribution in [-0.2, 0) is 24.1 Å². The third-order valence-corrected chi connectivity index (χ3v) is 4.34. The average Bonchev–Trinajstić information content (AvgIpc) is 3.30. The Morgan fingerprint density at radius 1 is 1.13 bits per heavy atom. The molecule has 30 heavy (non-hydrogen) atoms. The number of amides is 1. The van der Waals surface area contributed by atoms with Crippen molar-refractivity contribution in [1.29, 1.82) is 0 Å². The van der Waals surface area contributed by atoms with Crippen molar-refractivity contribution in [2.45, 2.75) is 19.3 Å². The van der Waals surface area contributed by atoms with Crippen LogP contribution in [0.25, 0.3) is 11.0 Å². The van der Waals surface area contributed by atoms with E-state index in [4.69, 9.17) is 0 Å². The minimum Gasteiger partial charge on any atom is -0.323 e. The quantitative estimate of drug-likeness (QED) is 0.504. The third kappa shape index (κ3) is 4.14. The molecule has 0 aliphatic rings. The molecule has 0 saturated heterocycles. The smallest absolute Gasteiger partial charge is 0.323 e. The van der Waals surface area contributed by atoms with Crippen LogP contribution in [0.3, 0.4) is 0 Å². The molecule has 0 saturated carbocycles. The highest BCUT2D eigenvalue weighted by Gasteiger charge is 2.34. The summed E-state index contributed by atoms with van der Waals surface area (Å²) in [6.07, 6.45) is -2.44. The van der Waals surface area contributed by atoms with E-state index in [9.17, 15) is 22.4 Å². The van der Waals surface area contributed by atoms with E-state index >= 15 is 0 Å². The molecule has 11 heteroatoms. The number of alkyl halides is 3. The van der Waals surface area contributed by atoms with Crippen LogP contribution in [0.1, 0.15) is 11.1 Å². The summed E-state index contributed by atoms with van der Waals surface area (Å²) in [4.78, 5) is 12.2. The van der Waals surface area contributed by atoms with Crippen LogP contribution in [-0.4, -0.2) is 30.7 Å². The molecule has 0 radical (unpaired) electrons. The molecule has 1 amide bonds. The van der Waals surface area contributed by atoms with E-state index in [0.29, 0.717) is 11.8 Å². The largest absolute Gasteiger partial charge is 0.416 e. The Balaban J connectivity index is 1.45. The summed E-state index contributed by atoms with van der Waals surface area (Å²) in [5, 5.41) is 14.7. The van der Waals surface area contributed by atoms with Crippen LogP contribution in [0.15, 0.2) is 54.9 Å². The first kappa shape index (κ1) is 19.6. The van der Waals surface area contributed by atoms with E-state index in [1.807, 2.05) is 24.3 Å². The van der Waals surface area contributed by atoms with Crippen molar-refractivity contribution in [2.24, 2.45) is 0 Å². The summed E-state index contributed by atoms with van der Waals surface area (Å²) in [7, 11) is 0. The first-order chi connectivity index (χ1) is 14.3. The summed E-state index contributed by atoms with van der Waals surface area (Å²) in [6.45, 7) is 0.229. The fourth-order valence-electron chi connectivity index (χ4n) is 3.01. The Labute approximate surface area is 166 Å². The van der Waals surface area contributed by atoms with Gasteiger partial charge in [0, 0.05) is 0 Å². The number of nitrogens with one attached hydrogen (secondary N) is 1. The van der Waals surface area contributed by atoms with E-state index < -0.39 is 29.9 Å². The lowest BCUT2D eigenvalue weighted by Gasteiger charge is -2.12. The molecule has 0 fully saturated rings. The monoisotopic (exact) mass is 418 g/mol. The van der Waals surface area contributed by atoms with E-state index in [1.165, 1.54) is 17.1 Å². The number of halogens is 4. The predicted octanol–water partition coefficient (Wildman–Crippen LogP) is 3.47. The second-order valence-electron chi connectivity index (χ2n) is 6.51. The number of carbonyl (C=O) groups excluding carboxylic acids is 1. The number of rotatable bonds is 5. The molecule has 4 rings (SSSR count). The van der Waals surface area contributed by atoms with Crippen molar-refractivity contribution in [3.05, 3.63) is 71.8 Å². The molecule has 2 heterocycles. The zero-order valence-corrected chi connectivity index (χ0v) is 15.3. The number of carbonyl (C=O) groups is 1. The maximum Gasteiger partial charge on any atom is 0.416 e. The highest BCUT2D eigenvalue weighted by atomic mass is 19.4. The molecule has 7 nitrogen and oxygen atoms in total. The number of hydrogen-bond acceptors (Lipinski definition) is 4. The number of hydrogen-bond donors (Lipinski definition) is 1. The van der Waals surface area contributed by atoms with Crippen LogP contribution in [0.4, 0.5) is 23.2 Å². The molecule has 0 aliphatic heterocycles. The van der Waals surface area contributed by atoms with Crippen molar-refractivity contribution in [3.63, 3.8) is 0 Å². The van der Waals surface area contributed by atoms with Gasteiger partial charge in [0.1, 0.15) is 18.0 Å². The molecule has 154 valence electrons. The van der Waals surface area contributed by atoms with Gasteiger partial charge in [-0.05, 0) is 29.8 Å². The lowest BCUT2D eigenvalue weighted by Crippen LogP contribution is -2.18. The predicted molar refractivity (Wildman–Crippen MR) is 98.9 cm³/mol. The van der Waals surface area contributed by atoms with Crippen LogP contribution >= 0.6 is 0 Å². The van der Waals surface area contributed by atoms with Gasteiger partial charge >= 0.3 is 6.18 Å². The molecular formula is C19H14F4N6O. The molecule has 0 spiro atoms. The molecule has 0 atom stereocenters. The van der Waals surface area contributed by atoms with Crippen LogP contribution < -0.4 is 5.32 Å². The Kier molecular flexibility index (Phi) is 4.94. The number of nitrogens with zero attached hydrogens (tertiary/aromatic N) is 5. The summed E-state index contributed by atoms with van der Waals surface area (Å²) < 4.78 is 55.5. The van der Waals surface area contributed by atoms with Gasteiger partial charge in [-0.3, -0.25) is 4.79 Å². The number of fused-ring (bicyclic) bond motifs is 1. The van der Waals surface area contributed by atoms with Crippen molar-refractivity contribution in [2.75, 3.05) is 5.32 Å². The van der Waals surface area contributed by atoms with Gasteiger partial charge in [0.25, 0.3) is 0 Å². The van der Waals surface area contributed by atoms with Gasteiger partial charge in [0.15, 0.2) is 0 Å². The molecule has 1 N–H and O–H groups in total. The number of anilines is 1. The van der Waals surface area contributed by atoms with Crippen molar-refractivity contribution < 1.29 is 22.4 Å². The zero-order valence-electron chi connectivity index (χ0n) is 15.3. The third-order valence-electron chi connectivity index (χ3n) is 4.34. The van der Waals surface area contributed by atoms with Gasteiger partial charge in [0.05, 0.1) is 35.6 Å². The van der Waals surface area contributed by atoms with E-state index in [2.05, 4.69) is 20.7 Å². The summed E-state index contributed by atoms with van der Waals surface area (Å²) in [5.41, 5.74) is 0.335. The molecule has 2 aromatic heterocycles. The van der Waals surface area contributed by atoms with E-state index in [0.717, 1.165) is 23.2 Å². The topological polar surface area (TPSA) is 77.6 Å². The van der Waals surface area contributed by atoms with Gasteiger partial charge in [0.2, 0.25) is 5.91 Å². The second-order valence-corrected chi connectivity index (χ2v) is 6.51. The number of aromatic nitrogens is 5. The first-order valence-electron chi connectivity index (χ1n) is 8.76. The summed E-state index contributed by atoms with van der Waals surface area (Å²) in [5.74, 6) is -1.70. The van der Waals surface area contributed by atoms with Gasteiger partial charge in [-0.2, -0.15) is 18.3 Å². The van der Waals surface area contributed by atoms with Gasteiger partial charge < -0.3 is 5.32 Å². The summed E-state index contributed by atoms with van der Waals surface area (Å²) >= 11 is 0. The normalized spacial score (nSPS) is 11.7. The van der Waals surface area contributed by atoms with E-state index in [1.54, 1.807) is 4.68 Å². The zero-order chi connectivity index (χ0) is 21.3. The lowest BCUT2D eigenvalue weighted by molar-refractivity contribution is -0.138. The van der Waals surface area contributed by atoms with E-state index in [-0.39, 0.29) is 12.2 Å². The molecule has 4 aromatic rings. The fourth-order valence-corrected chi connectivity index (χ4v) is 3.01. The Hall–Kier alpha value is -3.76. The van der Waals surface area contributed by atoms with Gasteiger partial charge in [-0.15, -0.1) is 5.10 Å². The molecule has 2 aromatic carbocycles. The van der Waals surface area contributed by atoms with Gasteiger partial charge in [-0.1, -0.05) is 23.4 Å². The molecular weight excluding hydrogens is 404 g/mol. The van der Waals surface area contributed by atoms with Crippen LogP contribution in [0.5, 0.6) is 0 Å². The van der Waals surface area contributed by atoms with Crippen molar-refractivity contribution in [1.82, 2.24) is 24.8 Å². The first-order valence-corrected chi connectivity index (χ1v) is 8.76. The Morgan fingerprint density at radius 2 is 1.93 bits per heavy atom. The standard InChI is InChI=1S/C19H14F4N6O/c20-13-6-5-12(15(8-13)19(21,22)23)7-18(30)25-14-9-24-28(10-14)11-29-17-4-2-1-3-16(17)26-27-29/h1-6,8-10H,7,11H2,(H,25,30). The second kappa shape index (κ2) is 7.58. The Bertz CT molecular complexity index is 1210. The van der Waals surface area contributed by atoms with Crippen LogP contribution in [0.2, 0.25) is 0 Å². The lowest BCUT2D eigenvalue weighted by atomic mass is 10.0. The van der Waals surface area contributed by atoms with Crippen molar-refractivity contribution >= 4 is 22.6 Å².